The van der Waals surface area contributed by atoms with Gasteiger partial charge in [-0.1, -0.05) is 108 Å². The molecule has 2 aromatic carbocycles. The molecule has 0 radical (unpaired) electrons. The Kier molecular flexibility index (Phi) is 11.1. The second-order valence-electron chi connectivity index (χ2n) is 13.2. The maximum absolute atomic E-state index is 14.0. The summed E-state index contributed by atoms with van der Waals surface area (Å²) in [6.45, 7) is 15.0. The van der Waals surface area contributed by atoms with Crippen molar-refractivity contribution in [2.45, 2.75) is 96.5 Å². The summed E-state index contributed by atoms with van der Waals surface area (Å²) in [5.41, 5.74) is 3.40. The highest BCUT2D eigenvalue weighted by atomic mass is 35.5. The maximum atomic E-state index is 14.0. The number of ether oxygens (including phenoxy) is 1. The highest BCUT2D eigenvalue weighted by Gasteiger charge is 2.44. The fourth-order valence-electron chi connectivity index (χ4n) is 5.54. The van der Waals surface area contributed by atoms with E-state index in [2.05, 4.69) is 69.5 Å². The monoisotopic (exact) mass is 700 g/mol. The van der Waals surface area contributed by atoms with Gasteiger partial charge in [0, 0.05) is 50.6 Å². The lowest BCUT2D eigenvalue weighted by molar-refractivity contribution is -0.127. The molecule has 2 amide bonds. The molecule has 252 valence electrons. The molecule has 2 atom stereocenters. The van der Waals surface area contributed by atoms with Crippen molar-refractivity contribution >= 4 is 46.6 Å². The Balaban J connectivity index is 1.66. The van der Waals surface area contributed by atoms with E-state index in [1.54, 1.807) is 18.2 Å². The SMILES string of the molecule is CCC(Oc1ccc(C(C)(C)CC)cc1C(C)(C)CC)C(=O)NC1=CC=CC(C(=O)Nn2[nH]ccc2=O)(c2c(Cl)cc(Cl)cc2Cl)C1. The molecule has 0 fully saturated rings. The van der Waals surface area contributed by atoms with Crippen molar-refractivity contribution in [3.8, 4) is 5.75 Å². The van der Waals surface area contributed by atoms with Crippen molar-refractivity contribution in [3.05, 3.63) is 109 Å². The van der Waals surface area contributed by atoms with Crippen molar-refractivity contribution < 1.29 is 14.3 Å². The Morgan fingerprint density at radius 3 is 2.23 bits per heavy atom. The molecule has 11 heteroatoms. The number of aromatic amines is 1. The smallest absolute Gasteiger partial charge is 0.285 e. The van der Waals surface area contributed by atoms with Crippen LogP contribution in [0.3, 0.4) is 0 Å². The van der Waals surface area contributed by atoms with Gasteiger partial charge >= 0.3 is 0 Å². The average molecular weight is 702 g/mol. The Morgan fingerprint density at radius 2 is 1.66 bits per heavy atom. The lowest BCUT2D eigenvalue weighted by Crippen LogP contribution is -2.47. The van der Waals surface area contributed by atoms with Crippen LogP contribution in [0.2, 0.25) is 15.1 Å². The molecule has 3 aromatic rings. The number of H-pyrrole nitrogens is 1. The first kappa shape index (κ1) is 36.4. The topological polar surface area (TPSA) is 105 Å². The molecule has 0 spiro atoms. The van der Waals surface area contributed by atoms with Crippen LogP contribution in [0.4, 0.5) is 0 Å². The molecule has 8 nitrogen and oxygen atoms in total. The van der Waals surface area contributed by atoms with Gasteiger partial charge in [-0.2, -0.15) is 4.79 Å². The lowest BCUT2D eigenvalue weighted by atomic mass is 9.73. The zero-order valence-electron chi connectivity index (χ0n) is 27.9. The van der Waals surface area contributed by atoms with Gasteiger partial charge in [-0.25, -0.2) is 5.43 Å². The van der Waals surface area contributed by atoms with Gasteiger partial charge in [-0.05, 0) is 59.9 Å². The fourth-order valence-corrected chi connectivity index (χ4v) is 6.70. The van der Waals surface area contributed by atoms with E-state index < -0.39 is 23.0 Å². The Labute approximate surface area is 291 Å². The van der Waals surface area contributed by atoms with Crippen LogP contribution in [0.15, 0.2) is 71.3 Å². The molecule has 0 saturated carbocycles. The summed E-state index contributed by atoms with van der Waals surface area (Å²) in [5, 5.41) is 6.26. The summed E-state index contributed by atoms with van der Waals surface area (Å²) in [7, 11) is 0. The van der Waals surface area contributed by atoms with Crippen molar-refractivity contribution in [3.63, 3.8) is 0 Å². The highest BCUT2D eigenvalue weighted by Crippen LogP contribution is 2.44. The molecular formula is C36H43Cl3N4O4. The zero-order valence-corrected chi connectivity index (χ0v) is 30.2. The number of amides is 2. The van der Waals surface area contributed by atoms with Gasteiger partial charge in [0.1, 0.15) is 11.2 Å². The lowest BCUT2D eigenvalue weighted by Gasteiger charge is -2.34. The quantitative estimate of drug-likeness (QED) is 0.177. The van der Waals surface area contributed by atoms with Gasteiger partial charge in [0.25, 0.3) is 17.4 Å². The van der Waals surface area contributed by atoms with E-state index >= 15 is 0 Å². The third kappa shape index (κ3) is 7.66. The summed E-state index contributed by atoms with van der Waals surface area (Å²) >= 11 is 19.5. The normalized spacial score (nSPS) is 17.2. The van der Waals surface area contributed by atoms with Gasteiger partial charge in [0.2, 0.25) is 0 Å². The minimum atomic E-state index is -1.51. The number of hydrogen-bond donors (Lipinski definition) is 3. The first-order valence-corrected chi connectivity index (χ1v) is 17.0. The largest absolute Gasteiger partial charge is 0.480 e. The zero-order chi connectivity index (χ0) is 34.7. The van der Waals surface area contributed by atoms with E-state index in [1.807, 2.05) is 13.0 Å². The van der Waals surface area contributed by atoms with Crippen LogP contribution in [-0.4, -0.2) is 27.8 Å². The van der Waals surface area contributed by atoms with Crippen LogP contribution in [-0.2, 0) is 25.8 Å². The van der Waals surface area contributed by atoms with Crippen LogP contribution < -0.4 is 21.0 Å². The Bertz CT molecular complexity index is 1750. The second kappa shape index (κ2) is 14.3. The molecule has 1 aliphatic rings. The van der Waals surface area contributed by atoms with Crippen LogP contribution in [0.5, 0.6) is 5.75 Å². The fraction of sp³-hybridized carbons (Fsp3) is 0.417. The molecular weight excluding hydrogens is 659 g/mol. The molecule has 1 aliphatic carbocycles. The molecule has 3 N–H and O–H groups in total. The third-order valence-corrected chi connectivity index (χ3v) is 10.2. The average Bonchev–Trinajstić information content (AvgIpc) is 3.42. The van der Waals surface area contributed by atoms with Crippen molar-refractivity contribution in [1.82, 2.24) is 15.2 Å². The van der Waals surface area contributed by atoms with Gasteiger partial charge in [-0.3, -0.25) is 19.5 Å². The number of nitrogens with one attached hydrogen (secondary N) is 3. The van der Waals surface area contributed by atoms with Crippen LogP contribution in [0.1, 0.15) is 90.8 Å². The number of halogens is 3. The molecule has 1 aromatic heterocycles. The standard InChI is InChI=1S/C36H43Cl3N4O4/c1-8-28(47-29-14-13-22(34(4,5)9-2)18-25(29)35(6,7)10-3)32(45)41-24-12-11-16-36(21-24,31-26(38)19-23(37)20-27(31)39)33(46)42-43-30(44)15-17-40-43/h11-20,28,40H,8-10,21H2,1-7H3,(H,41,45)(H,42,46). The van der Waals surface area contributed by atoms with Crippen LogP contribution >= 0.6 is 34.8 Å². The molecule has 0 aliphatic heterocycles. The van der Waals surface area contributed by atoms with Gasteiger partial charge < -0.3 is 10.1 Å². The predicted octanol–water partition coefficient (Wildman–Crippen LogP) is 8.34. The predicted molar refractivity (Wildman–Crippen MR) is 190 cm³/mol. The molecule has 2 unspecified atom stereocenters. The van der Waals surface area contributed by atoms with E-state index in [0.717, 1.165) is 23.2 Å². The summed E-state index contributed by atoms with van der Waals surface area (Å²) < 4.78 is 6.47. The summed E-state index contributed by atoms with van der Waals surface area (Å²) in [5.74, 6) is -0.304. The highest BCUT2D eigenvalue weighted by molar-refractivity contribution is 6.40. The summed E-state index contributed by atoms with van der Waals surface area (Å²) in [6.07, 6.45) is 7.82. The minimum Gasteiger partial charge on any atom is -0.480 e. The van der Waals surface area contributed by atoms with Gasteiger partial charge in [0.15, 0.2) is 6.10 Å². The molecule has 47 heavy (non-hydrogen) atoms. The van der Waals surface area contributed by atoms with Crippen LogP contribution in [0.25, 0.3) is 0 Å². The number of hydrogen-bond acceptors (Lipinski definition) is 4. The Morgan fingerprint density at radius 1 is 1.00 bits per heavy atom. The summed E-state index contributed by atoms with van der Waals surface area (Å²) in [6, 6.07) is 10.5. The summed E-state index contributed by atoms with van der Waals surface area (Å²) in [4.78, 5) is 41.1. The number of carbonyl (C=O) groups excluding carboxylic acids is 2. The first-order chi connectivity index (χ1) is 22.1. The number of rotatable bonds is 12. The first-order valence-electron chi connectivity index (χ1n) is 15.8. The molecule has 0 bridgehead atoms. The number of benzene rings is 2. The minimum absolute atomic E-state index is 0.0110. The number of aromatic nitrogens is 2. The second-order valence-corrected chi connectivity index (χ2v) is 14.5. The van der Waals surface area contributed by atoms with Crippen molar-refractivity contribution in [2.24, 2.45) is 0 Å². The Hall–Kier alpha value is -3.46. The van der Waals surface area contributed by atoms with Gasteiger partial charge in [-0.15, -0.1) is 0 Å². The van der Waals surface area contributed by atoms with E-state index in [1.165, 1.54) is 30.0 Å². The third-order valence-electron chi connectivity index (χ3n) is 9.34. The molecule has 0 saturated heterocycles. The number of allylic oxidation sites excluding steroid dienone is 3. The number of carbonyl (C=O) groups is 2. The molecule has 1 heterocycles. The van der Waals surface area contributed by atoms with E-state index in [9.17, 15) is 14.4 Å². The van der Waals surface area contributed by atoms with E-state index in [4.69, 9.17) is 39.5 Å². The van der Waals surface area contributed by atoms with E-state index in [0.29, 0.717) is 22.9 Å². The number of nitrogens with zero attached hydrogens (tertiary/aromatic N) is 1. The maximum Gasteiger partial charge on any atom is 0.285 e. The van der Waals surface area contributed by atoms with Crippen molar-refractivity contribution in [1.29, 1.82) is 0 Å². The molecule has 4 rings (SSSR count). The van der Waals surface area contributed by atoms with Gasteiger partial charge in [0.05, 0.1) is 0 Å². The van der Waals surface area contributed by atoms with E-state index in [-0.39, 0.29) is 38.8 Å². The van der Waals surface area contributed by atoms with Crippen molar-refractivity contribution in [2.75, 3.05) is 5.43 Å². The van der Waals surface area contributed by atoms with Crippen LogP contribution in [0, 0.1) is 0 Å².